The molecule has 2 aromatic heterocycles. The quantitative estimate of drug-likeness (QED) is 0.727. The van der Waals surface area contributed by atoms with Crippen LogP contribution in [0.4, 0.5) is 5.69 Å². The van der Waals surface area contributed by atoms with Gasteiger partial charge < -0.3 is 15.6 Å². The van der Waals surface area contributed by atoms with E-state index in [1.807, 2.05) is 31.3 Å². The molecule has 2 heterocycles. The lowest BCUT2D eigenvalue weighted by Gasteiger charge is -2.04. The summed E-state index contributed by atoms with van der Waals surface area (Å²) in [6.45, 7) is 0.654. The van der Waals surface area contributed by atoms with E-state index in [1.54, 1.807) is 12.4 Å². The fourth-order valence-corrected chi connectivity index (χ4v) is 2.24. The molecule has 108 valence electrons. The Labute approximate surface area is 121 Å². The van der Waals surface area contributed by atoms with Gasteiger partial charge in [-0.15, -0.1) is 0 Å². The fraction of sp³-hybridized carbons (Fsp3) is 0.214. The van der Waals surface area contributed by atoms with Gasteiger partial charge in [0.2, 0.25) is 5.91 Å². The van der Waals surface area contributed by atoms with Crippen LogP contribution < -0.4 is 11.1 Å². The second-order valence-corrected chi connectivity index (χ2v) is 4.82. The van der Waals surface area contributed by atoms with Gasteiger partial charge in [-0.05, 0) is 12.1 Å². The molecule has 0 saturated heterocycles. The normalized spacial score (nSPS) is 10.9. The average Bonchev–Trinajstić information content (AvgIpc) is 3.02. The lowest BCUT2D eigenvalue weighted by atomic mass is 10.3. The number of fused-ring (bicyclic) bond motifs is 1. The lowest BCUT2D eigenvalue weighted by Crippen LogP contribution is -2.18. The summed E-state index contributed by atoms with van der Waals surface area (Å²) in [4.78, 5) is 15.4. The minimum atomic E-state index is -0.417. The number of aryl methyl sites for hydroxylation is 1. The van der Waals surface area contributed by atoms with E-state index in [9.17, 15) is 4.79 Å². The largest absolute Gasteiger partial charge is 0.375 e. The highest BCUT2D eigenvalue weighted by Gasteiger charge is 2.07. The van der Waals surface area contributed by atoms with Crippen molar-refractivity contribution in [2.24, 2.45) is 12.8 Å². The molecule has 1 aromatic carbocycles. The number of rotatable bonds is 5. The number of carbonyl (C=O) groups excluding carboxylic acids is 1. The third-order valence-electron chi connectivity index (χ3n) is 3.28. The summed E-state index contributed by atoms with van der Waals surface area (Å²) in [7, 11) is 1.99. The minimum absolute atomic E-state index is 0.0774. The van der Waals surface area contributed by atoms with Crippen molar-refractivity contribution < 1.29 is 4.79 Å². The average molecular weight is 284 g/mol. The number of carbonyl (C=O) groups is 1. The number of para-hydroxylation sites is 2. The zero-order chi connectivity index (χ0) is 14.8. The predicted octanol–water partition coefficient (Wildman–Crippen LogP) is 0.867. The van der Waals surface area contributed by atoms with Crippen molar-refractivity contribution in [3.8, 4) is 0 Å². The number of amides is 1. The molecule has 0 aliphatic heterocycles. The molecule has 0 fully saturated rings. The first kappa shape index (κ1) is 13.2. The van der Waals surface area contributed by atoms with Crippen molar-refractivity contribution in [3.05, 3.63) is 42.5 Å². The fourth-order valence-electron chi connectivity index (χ4n) is 2.24. The summed E-state index contributed by atoms with van der Waals surface area (Å²) in [6.07, 6.45) is 3.40. The van der Waals surface area contributed by atoms with Gasteiger partial charge in [0.25, 0.3) is 0 Å². The molecular weight excluding hydrogens is 268 g/mol. The molecule has 0 spiro atoms. The number of nitrogens with one attached hydrogen (secondary N) is 1. The molecule has 0 radical (unpaired) electrons. The molecule has 0 bridgehead atoms. The van der Waals surface area contributed by atoms with Crippen LogP contribution in [0.15, 0.2) is 36.7 Å². The zero-order valence-electron chi connectivity index (χ0n) is 11.7. The molecule has 7 nitrogen and oxygen atoms in total. The first-order valence-corrected chi connectivity index (χ1v) is 6.58. The Morgan fingerprint density at radius 1 is 1.38 bits per heavy atom. The molecule has 1 amide bonds. The standard InChI is InChI=1S/C14H16N6O/c1-19-12-5-3-2-4-11(12)18-14(19)7-16-10-6-17-20(8-10)9-13(15)21/h2-6,8,16H,7,9H2,1H3,(H2,15,21). The first-order valence-electron chi connectivity index (χ1n) is 6.58. The van der Waals surface area contributed by atoms with E-state index in [1.165, 1.54) is 4.68 Å². The van der Waals surface area contributed by atoms with Crippen LogP contribution in [0, 0.1) is 0 Å². The third-order valence-corrected chi connectivity index (χ3v) is 3.28. The van der Waals surface area contributed by atoms with Gasteiger partial charge in [-0.2, -0.15) is 5.10 Å². The molecule has 0 unspecified atom stereocenters. The first-order chi connectivity index (χ1) is 10.1. The van der Waals surface area contributed by atoms with Crippen LogP contribution in [-0.2, 0) is 24.9 Å². The van der Waals surface area contributed by atoms with Gasteiger partial charge in [0.1, 0.15) is 12.4 Å². The van der Waals surface area contributed by atoms with Crippen LogP contribution in [0.5, 0.6) is 0 Å². The van der Waals surface area contributed by atoms with Crippen molar-refractivity contribution in [2.45, 2.75) is 13.1 Å². The summed E-state index contributed by atoms with van der Waals surface area (Å²) in [5.41, 5.74) is 8.02. The van der Waals surface area contributed by atoms with Crippen molar-refractivity contribution in [1.82, 2.24) is 19.3 Å². The van der Waals surface area contributed by atoms with Crippen molar-refractivity contribution in [3.63, 3.8) is 0 Å². The van der Waals surface area contributed by atoms with Crippen LogP contribution in [0.3, 0.4) is 0 Å². The van der Waals surface area contributed by atoms with E-state index in [0.717, 1.165) is 22.5 Å². The van der Waals surface area contributed by atoms with E-state index in [0.29, 0.717) is 6.54 Å². The highest BCUT2D eigenvalue weighted by atomic mass is 16.1. The monoisotopic (exact) mass is 284 g/mol. The van der Waals surface area contributed by atoms with Crippen LogP contribution in [0.25, 0.3) is 11.0 Å². The summed E-state index contributed by atoms with van der Waals surface area (Å²) < 4.78 is 3.55. The molecule has 21 heavy (non-hydrogen) atoms. The number of primary amides is 1. The Hall–Kier alpha value is -2.83. The second kappa shape index (κ2) is 5.28. The predicted molar refractivity (Wildman–Crippen MR) is 79.5 cm³/mol. The molecule has 7 heteroatoms. The van der Waals surface area contributed by atoms with E-state index in [4.69, 9.17) is 5.73 Å². The lowest BCUT2D eigenvalue weighted by molar-refractivity contribution is -0.118. The molecule has 3 aromatic rings. The van der Waals surface area contributed by atoms with Crippen LogP contribution in [-0.4, -0.2) is 25.2 Å². The Morgan fingerprint density at radius 3 is 2.95 bits per heavy atom. The number of nitrogens with two attached hydrogens (primary N) is 1. The number of benzene rings is 1. The molecule has 3 rings (SSSR count). The van der Waals surface area contributed by atoms with Crippen molar-refractivity contribution in [1.29, 1.82) is 0 Å². The summed E-state index contributed by atoms with van der Waals surface area (Å²) in [5.74, 6) is 0.513. The van der Waals surface area contributed by atoms with Gasteiger partial charge in [0, 0.05) is 13.2 Å². The summed E-state index contributed by atoms with van der Waals surface area (Å²) in [6, 6.07) is 8.00. The van der Waals surface area contributed by atoms with Crippen LogP contribution >= 0.6 is 0 Å². The molecule has 0 aliphatic carbocycles. The van der Waals surface area contributed by atoms with Gasteiger partial charge in [-0.25, -0.2) is 4.98 Å². The number of aromatic nitrogens is 4. The van der Waals surface area contributed by atoms with Crippen molar-refractivity contribution in [2.75, 3.05) is 5.32 Å². The molecular formula is C14H16N6O. The number of anilines is 1. The molecule has 0 saturated carbocycles. The van der Waals surface area contributed by atoms with Gasteiger partial charge in [0.15, 0.2) is 0 Å². The maximum Gasteiger partial charge on any atom is 0.239 e. The highest BCUT2D eigenvalue weighted by molar-refractivity contribution is 5.75. The second-order valence-electron chi connectivity index (χ2n) is 4.82. The van der Waals surface area contributed by atoms with Crippen molar-refractivity contribution >= 4 is 22.6 Å². The molecule has 0 atom stereocenters. The third kappa shape index (κ3) is 2.71. The SMILES string of the molecule is Cn1c(CNc2cnn(CC(N)=O)c2)nc2ccccc21. The molecule has 0 aliphatic rings. The van der Waals surface area contributed by atoms with E-state index < -0.39 is 5.91 Å². The minimum Gasteiger partial charge on any atom is -0.375 e. The Balaban J connectivity index is 1.73. The van der Waals surface area contributed by atoms with Crippen LogP contribution in [0.1, 0.15) is 5.82 Å². The number of imidazole rings is 1. The Kier molecular flexibility index (Phi) is 3.31. The summed E-state index contributed by atoms with van der Waals surface area (Å²) in [5, 5.41) is 7.30. The van der Waals surface area contributed by atoms with Gasteiger partial charge in [-0.1, -0.05) is 12.1 Å². The maximum atomic E-state index is 10.8. The van der Waals surface area contributed by atoms with E-state index >= 15 is 0 Å². The van der Waals surface area contributed by atoms with Gasteiger partial charge >= 0.3 is 0 Å². The molecule has 3 N–H and O–H groups in total. The number of nitrogens with zero attached hydrogens (tertiary/aromatic N) is 4. The van der Waals surface area contributed by atoms with Gasteiger partial charge in [-0.3, -0.25) is 9.48 Å². The number of hydrogen-bond donors (Lipinski definition) is 2. The van der Waals surface area contributed by atoms with E-state index in [-0.39, 0.29) is 6.54 Å². The summed E-state index contributed by atoms with van der Waals surface area (Å²) >= 11 is 0. The maximum absolute atomic E-state index is 10.8. The Bertz CT molecular complexity index is 788. The van der Waals surface area contributed by atoms with Crippen LogP contribution in [0.2, 0.25) is 0 Å². The zero-order valence-corrected chi connectivity index (χ0v) is 11.7. The highest BCUT2D eigenvalue weighted by Crippen LogP contribution is 2.15. The Morgan fingerprint density at radius 2 is 2.19 bits per heavy atom. The number of hydrogen-bond acceptors (Lipinski definition) is 4. The smallest absolute Gasteiger partial charge is 0.239 e. The topological polar surface area (TPSA) is 90.8 Å². The van der Waals surface area contributed by atoms with E-state index in [2.05, 4.69) is 20.0 Å². The van der Waals surface area contributed by atoms with Gasteiger partial charge in [0.05, 0.1) is 29.5 Å².